The fourth-order valence-electron chi connectivity index (χ4n) is 2.80. The van der Waals surface area contributed by atoms with E-state index < -0.39 is 6.10 Å². The van der Waals surface area contributed by atoms with Crippen molar-refractivity contribution < 1.29 is 9.90 Å². The van der Waals surface area contributed by atoms with Crippen LogP contribution < -0.4 is 0 Å². The van der Waals surface area contributed by atoms with E-state index >= 15 is 0 Å². The zero-order valence-electron chi connectivity index (χ0n) is 10.6. The van der Waals surface area contributed by atoms with Crippen LogP contribution in [0.1, 0.15) is 34.0 Å². The van der Waals surface area contributed by atoms with Crippen LogP contribution in [0, 0.1) is 5.92 Å². The minimum Gasteiger partial charge on any atom is -0.388 e. The summed E-state index contributed by atoms with van der Waals surface area (Å²) in [4.78, 5) is 12.5. The largest absolute Gasteiger partial charge is 0.388 e. The summed E-state index contributed by atoms with van der Waals surface area (Å²) in [7, 11) is 0. The second kappa shape index (κ2) is 4.98. The Balaban J connectivity index is 1.90. The Morgan fingerprint density at radius 1 is 1.00 bits per heavy atom. The zero-order valence-corrected chi connectivity index (χ0v) is 10.6. The first-order valence-corrected chi connectivity index (χ1v) is 6.62. The molecule has 19 heavy (non-hydrogen) atoms. The third-order valence-electron chi connectivity index (χ3n) is 3.87. The molecule has 0 heterocycles. The maximum absolute atomic E-state index is 12.5. The molecule has 0 aliphatic heterocycles. The van der Waals surface area contributed by atoms with Crippen molar-refractivity contribution in [3.05, 3.63) is 71.3 Å². The van der Waals surface area contributed by atoms with Crippen LogP contribution in [-0.4, -0.2) is 10.9 Å². The Hall–Kier alpha value is -1.93. The SMILES string of the molecule is O=C1c2ccccc2CC[C@H]1[C@H](O)c1ccccc1. The number of benzene rings is 2. The average Bonchev–Trinajstić information content (AvgIpc) is 2.48. The van der Waals surface area contributed by atoms with Crippen LogP contribution in [-0.2, 0) is 6.42 Å². The number of hydrogen-bond donors (Lipinski definition) is 1. The van der Waals surface area contributed by atoms with E-state index in [4.69, 9.17) is 0 Å². The normalized spacial score (nSPS) is 19.8. The van der Waals surface area contributed by atoms with Gasteiger partial charge in [0.25, 0.3) is 0 Å². The topological polar surface area (TPSA) is 37.3 Å². The molecule has 2 nitrogen and oxygen atoms in total. The van der Waals surface area contributed by atoms with E-state index in [0.717, 1.165) is 23.1 Å². The van der Waals surface area contributed by atoms with Crippen LogP contribution in [0.5, 0.6) is 0 Å². The predicted molar refractivity (Wildman–Crippen MR) is 74.0 cm³/mol. The Kier molecular flexibility index (Phi) is 3.18. The molecule has 0 fully saturated rings. The molecule has 1 N–H and O–H groups in total. The third kappa shape index (κ3) is 2.20. The molecule has 1 aliphatic rings. The van der Waals surface area contributed by atoms with Gasteiger partial charge in [-0.1, -0.05) is 54.6 Å². The number of fused-ring (bicyclic) bond motifs is 1. The smallest absolute Gasteiger partial charge is 0.169 e. The third-order valence-corrected chi connectivity index (χ3v) is 3.87. The Bertz CT molecular complexity index is 589. The molecule has 0 saturated heterocycles. The number of Topliss-reactive ketones (excluding diaryl/α,β-unsaturated/α-hetero) is 1. The molecule has 2 aromatic rings. The number of aliphatic hydroxyl groups excluding tert-OH is 1. The van der Waals surface area contributed by atoms with E-state index in [1.165, 1.54) is 0 Å². The van der Waals surface area contributed by atoms with Gasteiger partial charge in [-0.3, -0.25) is 4.79 Å². The summed E-state index contributed by atoms with van der Waals surface area (Å²) in [6.45, 7) is 0. The van der Waals surface area contributed by atoms with Crippen molar-refractivity contribution in [1.29, 1.82) is 0 Å². The number of aliphatic hydroxyl groups is 1. The van der Waals surface area contributed by atoms with Gasteiger partial charge in [-0.15, -0.1) is 0 Å². The van der Waals surface area contributed by atoms with Gasteiger partial charge in [0.15, 0.2) is 5.78 Å². The van der Waals surface area contributed by atoms with Crippen molar-refractivity contribution in [3.8, 4) is 0 Å². The van der Waals surface area contributed by atoms with Gasteiger partial charge >= 0.3 is 0 Å². The Morgan fingerprint density at radius 2 is 1.68 bits per heavy atom. The molecule has 0 saturated carbocycles. The Morgan fingerprint density at radius 3 is 2.47 bits per heavy atom. The van der Waals surface area contributed by atoms with Crippen molar-refractivity contribution in [2.75, 3.05) is 0 Å². The van der Waals surface area contributed by atoms with Gasteiger partial charge in [-0.05, 0) is 24.0 Å². The van der Waals surface area contributed by atoms with Gasteiger partial charge in [-0.2, -0.15) is 0 Å². The lowest BCUT2D eigenvalue weighted by Crippen LogP contribution is -2.28. The second-order valence-electron chi connectivity index (χ2n) is 5.02. The molecule has 0 spiro atoms. The molecular formula is C17H16O2. The lowest BCUT2D eigenvalue weighted by atomic mass is 9.78. The summed E-state index contributed by atoms with van der Waals surface area (Å²) in [5.41, 5.74) is 2.69. The van der Waals surface area contributed by atoms with Crippen LogP contribution in [0.25, 0.3) is 0 Å². The summed E-state index contributed by atoms with van der Waals surface area (Å²) in [5.74, 6) is -0.254. The standard InChI is InChI=1S/C17H16O2/c18-16(13-7-2-1-3-8-13)15-11-10-12-6-4-5-9-14(12)17(15)19/h1-9,15-16,18H,10-11H2/t15-,16+/m0/s1. The quantitative estimate of drug-likeness (QED) is 0.891. The number of carbonyl (C=O) groups is 1. The number of rotatable bonds is 2. The van der Waals surface area contributed by atoms with Crippen molar-refractivity contribution in [2.45, 2.75) is 18.9 Å². The van der Waals surface area contributed by atoms with Gasteiger partial charge in [0, 0.05) is 5.56 Å². The first-order valence-electron chi connectivity index (χ1n) is 6.62. The highest BCUT2D eigenvalue weighted by molar-refractivity contribution is 6.00. The molecule has 96 valence electrons. The van der Waals surface area contributed by atoms with E-state index in [-0.39, 0.29) is 11.7 Å². The second-order valence-corrected chi connectivity index (χ2v) is 5.02. The zero-order chi connectivity index (χ0) is 13.2. The van der Waals surface area contributed by atoms with E-state index in [2.05, 4.69) is 0 Å². The fourth-order valence-corrected chi connectivity index (χ4v) is 2.80. The monoisotopic (exact) mass is 252 g/mol. The van der Waals surface area contributed by atoms with Crippen molar-refractivity contribution in [2.24, 2.45) is 5.92 Å². The summed E-state index contributed by atoms with van der Waals surface area (Å²) in [6, 6.07) is 17.1. The number of carbonyl (C=O) groups excluding carboxylic acids is 1. The van der Waals surface area contributed by atoms with E-state index in [1.54, 1.807) is 0 Å². The molecule has 3 rings (SSSR count). The molecule has 2 aromatic carbocycles. The summed E-state index contributed by atoms with van der Waals surface area (Å²) in [6.07, 6.45) is 0.865. The molecule has 0 aromatic heterocycles. The van der Waals surface area contributed by atoms with Gasteiger partial charge in [0.2, 0.25) is 0 Å². The molecular weight excluding hydrogens is 236 g/mol. The summed E-state index contributed by atoms with van der Waals surface area (Å²) < 4.78 is 0. The van der Waals surface area contributed by atoms with Crippen molar-refractivity contribution >= 4 is 5.78 Å². The van der Waals surface area contributed by atoms with Gasteiger partial charge in [0.1, 0.15) is 0 Å². The summed E-state index contributed by atoms with van der Waals surface area (Å²) >= 11 is 0. The van der Waals surface area contributed by atoms with Crippen molar-refractivity contribution in [1.82, 2.24) is 0 Å². The van der Waals surface area contributed by atoms with Crippen molar-refractivity contribution in [3.63, 3.8) is 0 Å². The highest BCUT2D eigenvalue weighted by atomic mass is 16.3. The first kappa shape index (κ1) is 12.1. The van der Waals surface area contributed by atoms with E-state index in [9.17, 15) is 9.90 Å². The van der Waals surface area contributed by atoms with Gasteiger partial charge in [-0.25, -0.2) is 0 Å². The number of ketones is 1. The molecule has 2 atom stereocenters. The number of hydrogen-bond acceptors (Lipinski definition) is 2. The highest BCUT2D eigenvalue weighted by Crippen LogP contribution is 2.33. The predicted octanol–water partition coefficient (Wildman–Crippen LogP) is 3.17. The number of aryl methyl sites for hydroxylation is 1. The van der Waals surface area contributed by atoms with Crippen LogP contribution in [0.15, 0.2) is 54.6 Å². The van der Waals surface area contributed by atoms with E-state index in [0.29, 0.717) is 6.42 Å². The maximum atomic E-state index is 12.5. The molecule has 0 bridgehead atoms. The fraction of sp³-hybridized carbons (Fsp3) is 0.235. The van der Waals surface area contributed by atoms with Crippen LogP contribution >= 0.6 is 0 Å². The highest BCUT2D eigenvalue weighted by Gasteiger charge is 2.32. The molecule has 0 amide bonds. The first-order chi connectivity index (χ1) is 9.27. The lowest BCUT2D eigenvalue weighted by Gasteiger charge is -2.27. The average molecular weight is 252 g/mol. The lowest BCUT2D eigenvalue weighted by molar-refractivity contribution is 0.0638. The van der Waals surface area contributed by atoms with Crippen LogP contribution in [0.2, 0.25) is 0 Å². The van der Waals surface area contributed by atoms with E-state index in [1.807, 2.05) is 54.6 Å². The van der Waals surface area contributed by atoms with Gasteiger partial charge < -0.3 is 5.11 Å². The molecule has 2 heteroatoms. The van der Waals surface area contributed by atoms with Gasteiger partial charge in [0.05, 0.1) is 12.0 Å². The summed E-state index contributed by atoms with van der Waals surface area (Å²) in [5, 5.41) is 10.4. The van der Waals surface area contributed by atoms with Crippen LogP contribution in [0.3, 0.4) is 0 Å². The minimum atomic E-state index is -0.706. The maximum Gasteiger partial charge on any atom is 0.169 e. The van der Waals surface area contributed by atoms with Crippen LogP contribution in [0.4, 0.5) is 0 Å². The Labute approximate surface area is 112 Å². The molecule has 0 radical (unpaired) electrons. The molecule has 0 unspecified atom stereocenters. The molecule has 1 aliphatic carbocycles. The minimum absolute atomic E-state index is 0.0678.